The van der Waals surface area contributed by atoms with Crippen molar-refractivity contribution >= 4 is 27.5 Å². The number of nitrogens with zero attached hydrogens (tertiary/aromatic N) is 2. The molecule has 6 nitrogen and oxygen atoms in total. The highest BCUT2D eigenvalue weighted by Crippen LogP contribution is 2.24. The molecule has 0 saturated heterocycles. The molecule has 0 amide bonds. The van der Waals surface area contributed by atoms with E-state index in [9.17, 15) is 8.42 Å². The van der Waals surface area contributed by atoms with Crippen LogP contribution in [0.2, 0.25) is 5.02 Å². The second-order valence-corrected chi connectivity index (χ2v) is 6.08. The van der Waals surface area contributed by atoms with E-state index < -0.39 is 10.0 Å². The monoisotopic (exact) mass is 305 g/mol. The second kappa shape index (κ2) is 6.74. The van der Waals surface area contributed by atoms with Gasteiger partial charge in [0.1, 0.15) is 10.7 Å². The molecule has 0 aliphatic rings. The van der Waals surface area contributed by atoms with Gasteiger partial charge in [-0.25, -0.2) is 8.42 Å². The first-order valence-corrected chi connectivity index (χ1v) is 7.46. The third-order valence-electron chi connectivity index (χ3n) is 2.55. The molecule has 3 N–H and O–H groups in total. The highest BCUT2D eigenvalue weighted by atomic mass is 35.5. The van der Waals surface area contributed by atoms with Crippen LogP contribution in [0.3, 0.4) is 0 Å². The number of amidine groups is 1. The Hall–Kier alpha value is -1.31. The molecule has 106 valence electrons. The number of oxime groups is 1. The lowest BCUT2D eigenvalue weighted by atomic mass is 10.4. The van der Waals surface area contributed by atoms with Crippen LogP contribution in [0, 0.1) is 0 Å². The first-order chi connectivity index (χ1) is 8.93. The summed E-state index contributed by atoms with van der Waals surface area (Å²) in [5, 5.41) is 11.4. The molecule has 0 unspecified atom stereocenters. The predicted octanol–water partition coefficient (Wildman–Crippen LogP) is 1.49. The summed E-state index contributed by atoms with van der Waals surface area (Å²) in [6.45, 7) is 2.10. The van der Waals surface area contributed by atoms with Crippen molar-refractivity contribution in [2.75, 3.05) is 13.1 Å². The number of sulfonamides is 1. The minimum Gasteiger partial charge on any atom is -0.409 e. The van der Waals surface area contributed by atoms with Gasteiger partial charge < -0.3 is 10.9 Å². The van der Waals surface area contributed by atoms with E-state index in [2.05, 4.69) is 5.16 Å². The lowest BCUT2D eigenvalue weighted by Crippen LogP contribution is -2.34. The van der Waals surface area contributed by atoms with Gasteiger partial charge in [0.05, 0.1) is 5.02 Å². The number of halogens is 1. The summed E-state index contributed by atoms with van der Waals surface area (Å²) < 4.78 is 26.0. The molecule has 0 heterocycles. The number of benzene rings is 1. The van der Waals surface area contributed by atoms with Crippen molar-refractivity contribution in [3.05, 3.63) is 29.3 Å². The van der Waals surface area contributed by atoms with Crippen molar-refractivity contribution in [3.63, 3.8) is 0 Å². The van der Waals surface area contributed by atoms with E-state index in [0.29, 0.717) is 0 Å². The Kier molecular flexibility index (Phi) is 5.59. The first-order valence-electron chi connectivity index (χ1n) is 5.64. The van der Waals surface area contributed by atoms with Gasteiger partial charge in [-0.3, -0.25) is 0 Å². The van der Waals surface area contributed by atoms with Crippen LogP contribution in [0.1, 0.15) is 13.3 Å². The van der Waals surface area contributed by atoms with E-state index in [-0.39, 0.29) is 35.3 Å². The second-order valence-electron chi connectivity index (χ2n) is 3.77. The molecule has 0 bridgehead atoms. The predicted molar refractivity (Wildman–Crippen MR) is 73.9 cm³/mol. The zero-order valence-corrected chi connectivity index (χ0v) is 12.0. The first kappa shape index (κ1) is 15.7. The van der Waals surface area contributed by atoms with Crippen LogP contribution in [0.4, 0.5) is 0 Å². The third-order valence-corrected chi connectivity index (χ3v) is 5.03. The van der Waals surface area contributed by atoms with Crippen molar-refractivity contribution < 1.29 is 13.6 Å². The third kappa shape index (κ3) is 3.82. The summed E-state index contributed by atoms with van der Waals surface area (Å²) in [6.07, 6.45) is 0.147. The number of rotatable bonds is 6. The molecule has 0 radical (unpaired) electrons. The van der Waals surface area contributed by atoms with Crippen LogP contribution < -0.4 is 5.73 Å². The Morgan fingerprint density at radius 3 is 2.63 bits per heavy atom. The average Bonchev–Trinajstić information content (AvgIpc) is 2.39. The topological polar surface area (TPSA) is 96.0 Å². The highest BCUT2D eigenvalue weighted by molar-refractivity contribution is 7.89. The van der Waals surface area contributed by atoms with Crippen LogP contribution in [0.25, 0.3) is 0 Å². The van der Waals surface area contributed by atoms with Crippen molar-refractivity contribution in [1.82, 2.24) is 4.31 Å². The zero-order chi connectivity index (χ0) is 14.5. The van der Waals surface area contributed by atoms with Crippen molar-refractivity contribution in [2.24, 2.45) is 10.9 Å². The maximum atomic E-state index is 12.4. The molecule has 0 spiro atoms. The molecule has 0 saturated carbocycles. The fraction of sp³-hybridized carbons (Fsp3) is 0.364. The van der Waals surface area contributed by atoms with Crippen LogP contribution in [-0.2, 0) is 10.0 Å². The Morgan fingerprint density at radius 2 is 2.11 bits per heavy atom. The standard InChI is InChI=1S/C11H16ClN3O3S/c1-2-15(8-7-11(13)14-16)19(17,18)10-6-4-3-5-9(10)12/h3-6,16H,2,7-8H2,1H3,(H2,13,14). The molecular weight excluding hydrogens is 290 g/mol. The van der Waals surface area contributed by atoms with Gasteiger partial charge in [0, 0.05) is 19.5 Å². The SMILES string of the molecule is CCN(CC/C(N)=N/O)S(=O)(=O)c1ccccc1Cl. The lowest BCUT2D eigenvalue weighted by molar-refractivity contribution is 0.315. The molecule has 0 aliphatic carbocycles. The quantitative estimate of drug-likeness (QED) is 0.360. The fourth-order valence-electron chi connectivity index (χ4n) is 1.53. The Bertz CT molecular complexity index is 560. The Labute approximate surface area is 117 Å². The molecule has 19 heavy (non-hydrogen) atoms. The van der Waals surface area contributed by atoms with Crippen molar-refractivity contribution in [1.29, 1.82) is 0 Å². The van der Waals surface area contributed by atoms with Crippen molar-refractivity contribution in [3.8, 4) is 0 Å². The van der Waals surface area contributed by atoms with Gasteiger partial charge in [-0.1, -0.05) is 35.8 Å². The number of nitrogens with two attached hydrogens (primary N) is 1. The van der Waals surface area contributed by atoms with Gasteiger partial charge in [0.2, 0.25) is 10.0 Å². The van der Waals surface area contributed by atoms with Crippen LogP contribution >= 0.6 is 11.6 Å². The van der Waals surface area contributed by atoms with E-state index in [1.807, 2.05) is 0 Å². The van der Waals surface area contributed by atoms with Gasteiger partial charge >= 0.3 is 0 Å². The van der Waals surface area contributed by atoms with Crippen LogP contribution in [0.5, 0.6) is 0 Å². The summed E-state index contributed by atoms with van der Waals surface area (Å²) in [7, 11) is -3.68. The molecule has 1 rings (SSSR count). The largest absolute Gasteiger partial charge is 0.409 e. The van der Waals surface area contributed by atoms with Gasteiger partial charge in [-0.15, -0.1) is 0 Å². The molecule has 1 aromatic carbocycles. The van der Waals surface area contributed by atoms with E-state index >= 15 is 0 Å². The summed E-state index contributed by atoms with van der Waals surface area (Å²) in [4.78, 5) is 0.0537. The van der Waals surface area contributed by atoms with E-state index in [4.69, 9.17) is 22.5 Å². The van der Waals surface area contributed by atoms with E-state index in [1.165, 1.54) is 16.4 Å². The van der Waals surface area contributed by atoms with Gasteiger partial charge in [-0.2, -0.15) is 4.31 Å². The maximum absolute atomic E-state index is 12.4. The summed E-state index contributed by atoms with van der Waals surface area (Å²) in [5.41, 5.74) is 5.34. The van der Waals surface area contributed by atoms with E-state index in [1.54, 1.807) is 19.1 Å². The van der Waals surface area contributed by atoms with Crippen LogP contribution in [-0.4, -0.2) is 36.9 Å². The number of hydrogen-bond acceptors (Lipinski definition) is 4. The Balaban J connectivity index is 3.00. The summed E-state index contributed by atoms with van der Waals surface area (Å²) >= 11 is 5.91. The summed E-state index contributed by atoms with van der Waals surface area (Å²) in [5.74, 6) is -0.0205. The Morgan fingerprint density at radius 1 is 1.47 bits per heavy atom. The van der Waals surface area contributed by atoms with Gasteiger partial charge in [-0.05, 0) is 12.1 Å². The molecular formula is C11H16ClN3O3S. The average molecular weight is 306 g/mol. The smallest absolute Gasteiger partial charge is 0.244 e. The van der Waals surface area contributed by atoms with Gasteiger partial charge in [0.15, 0.2) is 0 Å². The van der Waals surface area contributed by atoms with Crippen LogP contribution in [0.15, 0.2) is 34.3 Å². The number of hydrogen-bond donors (Lipinski definition) is 2. The lowest BCUT2D eigenvalue weighted by Gasteiger charge is -2.20. The van der Waals surface area contributed by atoms with Gasteiger partial charge in [0.25, 0.3) is 0 Å². The fourth-order valence-corrected chi connectivity index (χ4v) is 3.47. The molecule has 0 atom stereocenters. The van der Waals surface area contributed by atoms with Crippen molar-refractivity contribution in [2.45, 2.75) is 18.2 Å². The summed E-state index contributed by atoms with van der Waals surface area (Å²) in [6, 6.07) is 6.24. The molecule has 0 fully saturated rings. The minimum atomic E-state index is -3.68. The highest BCUT2D eigenvalue weighted by Gasteiger charge is 2.25. The maximum Gasteiger partial charge on any atom is 0.244 e. The normalized spacial score (nSPS) is 12.9. The zero-order valence-electron chi connectivity index (χ0n) is 10.5. The van der Waals surface area contributed by atoms with E-state index in [0.717, 1.165) is 0 Å². The molecule has 1 aromatic rings. The molecule has 8 heteroatoms. The minimum absolute atomic E-state index is 0.0205. The molecule has 0 aliphatic heterocycles. The molecule has 0 aromatic heterocycles.